The summed E-state index contributed by atoms with van der Waals surface area (Å²) in [4.78, 5) is 16.2. The predicted molar refractivity (Wildman–Crippen MR) is 62.1 cm³/mol. The lowest BCUT2D eigenvalue weighted by Crippen LogP contribution is -2.43. The van der Waals surface area contributed by atoms with Crippen LogP contribution in [0, 0.1) is 0 Å². The highest BCUT2D eigenvalue weighted by Gasteiger charge is 2.38. The molecule has 2 fully saturated rings. The number of aliphatic hydroxyl groups is 1. The lowest BCUT2D eigenvalue weighted by Gasteiger charge is -2.29. The second kappa shape index (κ2) is 5.15. The number of likely N-dealkylation sites (N-methyl/N-ethyl adjacent to an activating group) is 1. The van der Waals surface area contributed by atoms with Gasteiger partial charge >= 0.3 is 0 Å². The first-order valence-electron chi connectivity index (χ1n) is 6.35. The smallest absolute Gasteiger partial charge is 0.239 e. The van der Waals surface area contributed by atoms with E-state index < -0.39 is 0 Å². The summed E-state index contributed by atoms with van der Waals surface area (Å²) in [5, 5.41) is 8.88. The standard InChI is InChI=1S/C12H22N2O2/c1-13-8-6-11(12(13)16)14-7-2-4-10(14)5-3-9-15/h10-11,15H,2-9H2,1H3. The van der Waals surface area contributed by atoms with Crippen LogP contribution < -0.4 is 0 Å². The molecule has 2 unspecified atom stereocenters. The third kappa shape index (κ3) is 2.23. The number of carbonyl (C=O) groups is 1. The van der Waals surface area contributed by atoms with E-state index in [1.54, 1.807) is 0 Å². The summed E-state index contributed by atoms with van der Waals surface area (Å²) >= 11 is 0. The predicted octanol–water partition coefficient (Wildman–Crippen LogP) is 0.454. The van der Waals surface area contributed by atoms with Crippen LogP contribution in [0.3, 0.4) is 0 Å². The van der Waals surface area contributed by atoms with Gasteiger partial charge in [-0.15, -0.1) is 0 Å². The van der Waals surface area contributed by atoms with Crippen molar-refractivity contribution in [1.82, 2.24) is 9.80 Å². The molecule has 0 aromatic rings. The molecule has 0 spiro atoms. The molecular weight excluding hydrogens is 204 g/mol. The Labute approximate surface area is 97.2 Å². The van der Waals surface area contributed by atoms with Crippen LogP contribution in [0.2, 0.25) is 0 Å². The van der Waals surface area contributed by atoms with Crippen LogP contribution in [-0.4, -0.2) is 59.6 Å². The number of likely N-dealkylation sites (tertiary alicyclic amines) is 2. The molecule has 0 aromatic carbocycles. The van der Waals surface area contributed by atoms with Gasteiger partial charge in [0, 0.05) is 26.2 Å². The molecule has 2 atom stereocenters. The zero-order chi connectivity index (χ0) is 11.5. The number of aliphatic hydroxyl groups excluding tert-OH is 1. The molecule has 2 heterocycles. The third-order valence-electron chi connectivity index (χ3n) is 3.92. The zero-order valence-corrected chi connectivity index (χ0v) is 10.1. The molecule has 2 saturated heterocycles. The molecular formula is C12H22N2O2. The number of rotatable bonds is 4. The maximum Gasteiger partial charge on any atom is 0.239 e. The van der Waals surface area contributed by atoms with Crippen molar-refractivity contribution in [3.05, 3.63) is 0 Å². The maximum absolute atomic E-state index is 11.9. The van der Waals surface area contributed by atoms with Crippen molar-refractivity contribution in [2.45, 2.75) is 44.2 Å². The highest BCUT2D eigenvalue weighted by molar-refractivity contribution is 5.83. The van der Waals surface area contributed by atoms with Crippen molar-refractivity contribution in [3.63, 3.8) is 0 Å². The van der Waals surface area contributed by atoms with Gasteiger partial charge in [-0.25, -0.2) is 0 Å². The van der Waals surface area contributed by atoms with Gasteiger partial charge in [0.2, 0.25) is 5.91 Å². The molecule has 0 aromatic heterocycles. The fraction of sp³-hybridized carbons (Fsp3) is 0.917. The molecule has 0 saturated carbocycles. The lowest BCUT2D eigenvalue weighted by molar-refractivity contribution is -0.131. The Kier molecular flexibility index (Phi) is 3.82. The van der Waals surface area contributed by atoms with Crippen molar-refractivity contribution >= 4 is 5.91 Å². The van der Waals surface area contributed by atoms with E-state index in [0.717, 1.165) is 32.4 Å². The quantitative estimate of drug-likeness (QED) is 0.757. The summed E-state index contributed by atoms with van der Waals surface area (Å²) in [5.74, 6) is 0.288. The molecule has 0 aliphatic carbocycles. The molecule has 1 amide bonds. The second-order valence-corrected chi connectivity index (χ2v) is 4.96. The van der Waals surface area contributed by atoms with Gasteiger partial charge in [0.05, 0.1) is 6.04 Å². The first kappa shape index (κ1) is 11.9. The van der Waals surface area contributed by atoms with Gasteiger partial charge in [0.25, 0.3) is 0 Å². The van der Waals surface area contributed by atoms with Crippen LogP contribution in [0.15, 0.2) is 0 Å². The molecule has 2 rings (SSSR count). The van der Waals surface area contributed by atoms with Crippen molar-refractivity contribution < 1.29 is 9.90 Å². The van der Waals surface area contributed by atoms with Gasteiger partial charge in [-0.05, 0) is 38.6 Å². The van der Waals surface area contributed by atoms with Crippen LogP contribution in [0.25, 0.3) is 0 Å². The Hall–Kier alpha value is -0.610. The molecule has 16 heavy (non-hydrogen) atoms. The number of hydrogen-bond donors (Lipinski definition) is 1. The molecule has 4 nitrogen and oxygen atoms in total. The van der Waals surface area contributed by atoms with E-state index in [1.165, 1.54) is 12.8 Å². The first-order chi connectivity index (χ1) is 7.74. The van der Waals surface area contributed by atoms with Crippen molar-refractivity contribution in [2.75, 3.05) is 26.7 Å². The Morgan fingerprint density at radius 2 is 2.19 bits per heavy atom. The van der Waals surface area contributed by atoms with Crippen molar-refractivity contribution in [3.8, 4) is 0 Å². The van der Waals surface area contributed by atoms with Gasteiger partial charge in [0.1, 0.15) is 0 Å². The van der Waals surface area contributed by atoms with Crippen LogP contribution in [-0.2, 0) is 4.79 Å². The topological polar surface area (TPSA) is 43.8 Å². The minimum atomic E-state index is 0.121. The average Bonchev–Trinajstić information content (AvgIpc) is 2.85. The van der Waals surface area contributed by atoms with E-state index in [1.807, 2.05) is 11.9 Å². The SMILES string of the molecule is CN1CCC(N2CCCC2CCCO)C1=O. The molecule has 4 heteroatoms. The van der Waals surface area contributed by atoms with Crippen LogP contribution in [0.4, 0.5) is 0 Å². The highest BCUT2D eigenvalue weighted by Crippen LogP contribution is 2.28. The largest absolute Gasteiger partial charge is 0.396 e. The fourth-order valence-corrected chi connectivity index (χ4v) is 3.02. The monoisotopic (exact) mass is 226 g/mol. The van der Waals surface area contributed by atoms with E-state index in [-0.39, 0.29) is 18.6 Å². The molecule has 2 aliphatic heterocycles. The molecule has 1 N–H and O–H groups in total. The normalized spacial score (nSPS) is 31.6. The minimum Gasteiger partial charge on any atom is -0.396 e. The molecule has 92 valence electrons. The third-order valence-corrected chi connectivity index (χ3v) is 3.92. The number of carbonyl (C=O) groups excluding carboxylic acids is 1. The van der Waals surface area contributed by atoms with Crippen LogP contribution in [0.1, 0.15) is 32.1 Å². The van der Waals surface area contributed by atoms with E-state index in [4.69, 9.17) is 5.11 Å². The number of hydrogen-bond acceptors (Lipinski definition) is 3. The van der Waals surface area contributed by atoms with Gasteiger partial charge < -0.3 is 10.0 Å². The summed E-state index contributed by atoms with van der Waals surface area (Å²) in [6, 6.07) is 0.642. The molecule has 2 aliphatic rings. The van der Waals surface area contributed by atoms with Gasteiger partial charge in [-0.1, -0.05) is 0 Å². The Morgan fingerprint density at radius 3 is 2.81 bits per heavy atom. The highest BCUT2D eigenvalue weighted by atomic mass is 16.3. The van der Waals surface area contributed by atoms with Crippen molar-refractivity contribution in [1.29, 1.82) is 0 Å². The zero-order valence-electron chi connectivity index (χ0n) is 10.1. The summed E-state index contributed by atoms with van der Waals surface area (Å²) in [6.45, 7) is 2.22. The lowest BCUT2D eigenvalue weighted by atomic mass is 10.1. The van der Waals surface area contributed by atoms with Crippen molar-refractivity contribution in [2.24, 2.45) is 0 Å². The maximum atomic E-state index is 11.9. The summed E-state index contributed by atoms with van der Waals surface area (Å²) < 4.78 is 0. The Bertz CT molecular complexity index is 257. The Morgan fingerprint density at radius 1 is 1.38 bits per heavy atom. The Balaban J connectivity index is 1.94. The number of amides is 1. The van der Waals surface area contributed by atoms with E-state index in [2.05, 4.69) is 4.90 Å². The van der Waals surface area contributed by atoms with Gasteiger partial charge in [-0.2, -0.15) is 0 Å². The van der Waals surface area contributed by atoms with Gasteiger partial charge in [0.15, 0.2) is 0 Å². The second-order valence-electron chi connectivity index (χ2n) is 4.96. The van der Waals surface area contributed by atoms with Gasteiger partial charge in [-0.3, -0.25) is 9.69 Å². The number of nitrogens with zero attached hydrogens (tertiary/aromatic N) is 2. The summed E-state index contributed by atoms with van der Waals surface area (Å²) in [7, 11) is 1.89. The summed E-state index contributed by atoms with van der Waals surface area (Å²) in [5.41, 5.74) is 0. The minimum absolute atomic E-state index is 0.121. The average molecular weight is 226 g/mol. The van der Waals surface area contributed by atoms with Crippen LogP contribution in [0.5, 0.6) is 0 Å². The fourth-order valence-electron chi connectivity index (χ4n) is 3.02. The summed E-state index contributed by atoms with van der Waals surface area (Å²) in [6.07, 6.45) is 5.25. The van der Waals surface area contributed by atoms with E-state index >= 15 is 0 Å². The van der Waals surface area contributed by atoms with Crippen LogP contribution >= 0.6 is 0 Å². The first-order valence-corrected chi connectivity index (χ1v) is 6.35. The van der Waals surface area contributed by atoms with E-state index in [9.17, 15) is 4.79 Å². The van der Waals surface area contributed by atoms with E-state index in [0.29, 0.717) is 6.04 Å². The molecule has 0 radical (unpaired) electrons. The molecule has 0 bridgehead atoms.